The standard InChI is InChI=1S/C17H18N4O3/c1-10-7-16(21-24-10)20-17(23)15(19-11(2)22)8-12-9-18-14-6-4-3-5-13(12)14/h3-7,9,15,18H,8H2,1-2H3,(H,19,22)(H,20,21,23)/t15-/m0/s1. The molecule has 0 saturated carbocycles. The summed E-state index contributed by atoms with van der Waals surface area (Å²) in [5, 5.41) is 10.1. The average Bonchev–Trinajstić information content (AvgIpc) is 3.13. The number of rotatable bonds is 5. The number of hydrogen-bond donors (Lipinski definition) is 3. The van der Waals surface area contributed by atoms with E-state index in [1.807, 2.05) is 30.5 Å². The predicted molar refractivity (Wildman–Crippen MR) is 89.5 cm³/mol. The van der Waals surface area contributed by atoms with Gasteiger partial charge in [-0.3, -0.25) is 9.59 Å². The Morgan fingerprint density at radius 3 is 2.83 bits per heavy atom. The van der Waals surface area contributed by atoms with Gasteiger partial charge in [0.25, 0.3) is 0 Å². The summed E-state index contributed by atoms with van der Waals surface area (Å²) in [6.07, 6.45) is 2.22. The van der Waals surface area contributed by atoms with Crippen LogP contribution in [0.5, 0.6) is 0 Å². The van der Waals surface area contributed by atoms with E-state index in [-0.39, 0.29) is 11.8 Å². The maximum atomic E-state index is 12.5. The lowest BCUT2D eigenvalue weighted by atomic mass is 10.0. The number of hydrogen-bond acceptors (Lipinski definition) is 4. The van der Waals surface area contributed by atoms with Gasteiger partial charge in [-0.25, -0.2) is 0 Å². The highest BCUT2D eigenvalue weighted by molar-refractivity contribution is 5.97. The number of aromatic nitrogens is 2. The Bertz CT molecular complexity index is 881. The van der Waals surface area contributed by atoms with Crippen molar-refractivity contribution in [1.82, 2.24) is 15.5 Å². The van der Waals surface area contributed by atoms with E-state index in [0.29, 0.717) is 18.0 Å². The smallest absolute Gasteiger partial charge is 0.248 e. The van der Waals surface area contributed by atoms with Gasteiger partial charge in [0, 0.05) is 36.5 Å². The first kappa shape index (κ1) is 15.8. The molecule has 2 aromatic heterocycles. The van der Waals surface area contributed by atoms with Gasteiger partial charge < -0.3 is 20.1 Å². The van der Waals surface area contributed by atoms with E-state index in [0.717, 1.165) is 16.5 Å². The molecule has 7 nitrogen and oxygen atoms in total. The first-order chi connectivity index (χ1) is 11.5. The lowest BCUT2D eigenvalue weighted by Crippen LogP contribution is -2.44. The van der Waals surface area contributed by atoms with Gasteiger partial charge in [-0.2, -0.15) is 0 Å². The molecule has 0 spiro atoms. The highest BCUT2D eigenvalue weighted by atomic mass is 16.5. The van der Waals surface area contributed by atoms with Crippen LogP contribution in [0.2, 0.25) is 0 Å². The number of carbonyl (C=O) groups is 2. The monoisotopic (exact) mass is 326 g/mol. The summed E-state index contributed by atoms with van der Waals surface area (Å²) >= 11 is 0. The summed E-state index contributed by atoms with van der Waals surface area (Å²) in [5.74, 6) is 0.305. The van der Waals surface area contributed by atoms with Gasteiger partial charge >= 0.3 is 0 Å². The molecule has 0 aliphatic carbocycles. The molecular weight excluding hydrogens is 308 g/mol. The molecule has 0 unspecified atom stereocenters. The number of nitrogens with zero attached hydrogens (tertiary/aromatic N) is 1. The predicted octanol–water partition coefficient (Wildman–Crippen LogP) is 2.15. The topological polar surface area (TPSA) is 100 Å². The second kappa shape index (κ2) is 6.57. The maximum absolute atomic E-state index is 12.5. The zero-order valence-electron chi connectivity index (χ0n) is 13.4. The van der Waals surface area contributed by atoms with Crippen LogP contribution in [-0.2, 0) is 16.0 Å². The van der Waals surface area contributed by atoms with Crippen LogP contribution in [0.1, 0.15) is 18.2 Å². The van der Waals surface area contributed by atoms with Gasteiger partial charge in [0.15, 0.2) is 5.82 Å². The van der Waals surface area contributed by atoms with E-state index in [4.69, 9.17) is 4.52 Å². The van der Waals surface area contributed by atoms with Crippen LogP contribution in [0.25, 0.3) is 10.9 Å². The number of amides is 2. The minimum atomic E-state index is -0.710. The van der Waals surface area contributed by atoms with E-state index in [1.165, 1.54) is 6.92 Å². The maximum Gasteiger partial charge on any atom is 0.248 e. The van der Waals surface area contributed by atoms with Crippen molar-refractivity contribution in [3.05, 3.63) is 47.9 Å². The van der Waals surface area contributed by atoms with Crippen molar-refractivity contribution in [2.45, 2.75) is 26.3 Å². The molecule has 0 bridgehead atoms. The Labute approximate surface area is 138 Å². The molecule has 2 amide bonds. The summed E-state index contributed by atoms with van der Waals surface area (Å²) in [6.45, 7) is 3.12. The van der Waals surface area contributed by atoms with Crippen LogP contribution in [-0.4, -0.2) is 28.0 Å². The molecule has 0 aliphatic heterocycles. The number of carbonyl (C=O) groups excluding carboxylic acids is 2. The van der Waals surface area contributed by atoms with Crippen molar-refractivity contribution in [2.75, 3.05) is 5.32 Å². The van der Waals surface area contributed by atoms with Gasteiger partial charge in [-0.05, 0) is 18.6 Å². The first-order valence-corrected chi connectivity index (χ1v) is 7.59. The van der Waals surface area contributed by atoms with Gasteiger partial charge in [0.1, 0.15) is 11.8 Å². The second-order valence-electron chi connectivity index (χ2n) is 5.63. The molecule has 0 radical (unpaired) electrons. The Hall–Kier alpha value is -3.09. The number of H-pyrrole nitrogens is 1. The van der Waals surface area contributed by atoms with Crippen LogP contribution in [0.15, 0.2) is 41.1 Å². The first-order valence-electron chi connectivity index (χ1n) is 7.59. The molecule has 0 saturated heterocycles. The molecule has 3 rings (SSSR count). The van der Waals surface area contributed by atoms with Crippen molar-refractivity contribution in [2.24, 2.45) is 0 Å². The molecule has 3 aromatic rings. The number of aryl methyl sites for hydroxylation is 1. The van der Waals surface area contributed by atoms with Crippen LogP contribution in [0.4, 0.5) is 5.82 Å². The highest BCUT2D eigenvalue weighted by Crippen LogP contribution is 2.19. The fraction of sp³-hybridized carbons (Fsp3) is 0.235. The number of benzene rings is 1. The van der Waals surface area contributed by atoms with E-state index in [9.17, 15) is 9.59 Å². The van der Waals surface area contributed by atoms with Crippen molar-refractivity contribution in [3.8, 4) is 0 Å². The highest BCUT2D eigenvalue weighted by Gasteiger charge is 2.22. The van der Waals surface area contributed by atoms with Crippen LogP contribution >= 0.6 is 0 Å². The van der Waals surface area contributed by atoms with E-state index in [2.05, 4.69) is 20.8 Å². The molecule has 0 fully saturated rings. The number of anilines is 1. The number of nitrogens with one attached hydrogen (secondary N) is 3. The Kier molecular flexibility index (Phi) is 4.33. The molecule has 3 N–H and O–H groups in total. The van der Waals surface area contributed by atoms with Gasteiger partial charge in [-0.1, -0.05) is 23.4 Å². The summed E-state index contributed by atoms with van der Waals surface area (Å²) < 4.78 is 4.93. The van der Waals surface area contributed by atoms with Crippen molar-refractivity contribution < 1.29 is 14.1 Å². The van der Waals surface area contributed by atoms with Gasteiger partial charge in [0.2, 0.25) is 11.8 Å². The minimum absolute atomic E-state index is 0.272. The summed E-state index contributed by atoms with van der Waals surface area (Å²) in [7, 11) is 0. The van der Waals surface area contributed by atoms with Crippen molar-refractivity contribution >= 4 is 28.5 Å². The molecule has 2 heterocycles. The van der Waals surface area contributed by atoms with Crippen LogP contribution in [0, 0.1) is 6.92 Å². The van der Waals surface area contributed by atoms with Crippen LogP contribution in [0.3, 0.4) is 0 Å². The molecule has 7 heteroatoms. The fourth-order valence-electron chi connectivity index (χ4n) is 2.61. The Morgan fingerprint density at radius 2 is 2.12 bits per heavy atom. The largest absolute Gasteiger partial charge is 0.361 e. The number of aromatic amines is 1. The number of para-hydroxylation sites is 1. The zero-order chi connectivity index (χ0) is 17.1. The average molecular weight is 326 g/mol. The molecule has 1 atom stereocenters. The Balaban J connectivity index is 1.80. The van der Waals surface area contributed by atoms with Gasteiger partial charge in [-0.15, -0.1) is 0 Å². The molecule has 124 valence electrons. The van der Waals surface area contributed by atoms with Crippen molar-refractivity contribution in [3.63, 3.8) is 0 Å². The SMILES string of the molecule is CC(=O)N[C@@H](Cc1c[nH]c2ccccc12)C(=O)Nc1cc(C)on1. The molecule has 0 aliphatic rings. The summed E-state index contributed by atoms with van der Waals surface area (Å²) in [6, 6.07) is 8.72. The molecule has 1 aromatic carbocycles. The third-order valence-electron chi connectivity index (χ3n) is 3.67. The molecule has 24 heavy (non-hydrogen) atoms. The minimum Gasteiger partial charge on any atom is -0.361 e. The third kappa shape index (κ3) is 3.45. The fourth-order valence-corrected chi connectivity index (χ4v) is 2.61. The Morgan fingerprint density at radius 1 is 1.33 bits per heavy atom. The normalized spacial score (nSPS) is 12.1. The van der Waals surface area contributed by atoms with E-state index < -0.39 is 6.04 Å². The third-order valence-corrected chi connectivity index (χ3v) is 3.67. The number of fused-ring (bicyclic) bond motifs is 1. The quantitative estimate of drug-likeness (QED) is 0.669. The van der Waals surface area contributed by atoms with Crippen molar-refractivity contribution in [1.29, 1.82) is 0 Å². The zero-order valence-corrected chi connectivity index (χ0v) is 13.4. The lowest BCUT2D eigenvalue weighted by molar-refractivity contribution is -0.125. The summed E-state index contributed by atoms with van der Waals surface area (Å²) in [4.78, 5) is 27.1. The lowest BCUT2D eigenvalue weighted by Gasteiger charge is -2.16. The van der Waals surface area contributed by atoms with Crippen LogP contribution < -0.4 is 10.6 Å². The van der Waals surface area contributed by atoms with Gasteiger partial charge in [0.05, 0.1) is 0 Å². The summed E-state index contributed by atoms with van der Waals surface area (Å²) in [5.41, 5.74) is 1.94. The second-order valence-corrected chi connectivity index (χ2v) is 5.63. The van der Waals surface area contributed by atoms with E-state index in [1.54, 1.807) is 13.0 Å². The molecular formula is C17H18N4O3. The van der Waals surface area contributed by atoms with E-state index >= 15 is 0 Å².